The zero-order valence-electron chi connectivity index (χ0n) is 19.2. The Bertz CT molecular complexity index is 1260. The Morgan fingerprint density at radius 3 is 2.58 bits per heavy atom. The van der Waals surface area contributed by atoms with Gasteiger partial charge in [-0.15, -0.1) is 0 Å². The van der Waals surface area contributed by atoms with Crippen LogP contribution >= 0.6 is 0 Å². The van der Waals surface area contributed by atoms with Gasteiger partial charge in [-0.25, -0.2) is 15.0 Å². The second-order valence-corrected chi connectivity index (χ2v) is 8.35. The molecule has 0 radical (unpaired) electrons. The van der Waals surface area contributed by atoms with E-state index in [0.29, 0.717) is 5.69 Å². The van der Waals surface area contributed by atoms with Crippen molar-refractivity contribution >= 4 is 11.6 Å². The molecule has 0 aliphatic heterocycles. The van der Waals surface area contributed by atoms with Crippen molar-refractivity contribution in [1.82, 2.24) is 24.5 Å². The van der Waals surface area contributed by atoms with Gasteiger partial charge in [-0.3, -0.25) is 9.78 Å². The number of carbonyl (C=O) groups excluding carboxylic acids is 1. The summed E-state index contributed by atoms with van der Waals surface area (Å²) in [6.45, 7) is 6.32. The molecule has 0 aliphatic carbocycles. The minimum absolute atomic E-state index is 0.108. The number of nitrogens with two attached hydrogens (primary N) is 1. The van der Waals surface area contributed by atoms with Gasteiger partial charge >= 0.3 is 0 Å². The van der Waals surface area contributed by atoms with Gasteiger partial charge in [-0.2, -0.15) is 0 Å². The summed E-state index contributed by atoms with van der Waals surface area (Å²) in [4.78, 5) is 30.8. The Morgan fingerprint density at radius 1 is 1.06 bits per heavy atom. The number of ketones is 1. The van der Waals surface area contributed by atoms with Gasteiger partial charge < -0.3 is 10.3 Å². The van der Waals surface area contributed by atoms with E-state index >= 15 is 0 Å². The molecule has 3 aromatic heterocycles. The van der Waals surface area contributed by atoms with Crippen LogP contribution in [0.2, 0.25) is 0 Å². The predicted octanol–water partition coefficient (Wildman–Crippen LogP) is 4.81. The van der Waals surface area contributed by atoms with Crippen molar-refractivity contribution in [3.63, 3.8) is 0 Å². The summed E-state index contributed by atoms with van der Waals surface area (Å²) in [5.74, 6) is 1.08. The quantitative estimate of drug-likeness (QED) is 0.395. The maximum Gasteiger partial charge on any atom is 0.189 e. The van der Waals surface area contributed by atoms with E-state index in [9.17, 15) is 4.79 Å². The number of carbonyl (C=O) groups is 1. The third-order valence-electron chi connectivity index (χ3n) is 5.53. The second kappa shape index (κ2) is 9.73. The van der Waals surface area contributed by atoms with Gasteiger partial charge in [0.2, 0.25) is 0 Å². The highest BCUT2D eigenvalue weighted by Crippen LogP contribution is 2.24. The van der Waals surface area contributed by atoms with Crippen molar-refractivity contribution in [2.24, 2.45) is 0 Å². The molecule has 7 nitrogen and oxygen atoms in total. The third-order valence-corrected chi connectivity index (χ3v) is 5.53. The van der Waals surface area contributed by atoms with Gasteiger partial charge in [0.05, 0.1) is 17.6 Å². The van der Waals surface area contributed by atoms with Gasteiger partial charge in [0, 0.05) is 48.3 Å². The number of rotatable bonds is 8. The smallest absolute Gasteiger partial charge is 0.189 e. The summed E-state index contributed by atoms with van der Waals surface area (Å²) < 4.78 is 2.00. The van der Waals surface area contributed by atoms with Crippen LogP contribution in [0.15, 0.2) is 61.3 Å². The molecular formula is C26H28N6O. The highest BCUT2D eigenvalue weighted by molar-refractivity contribution is 6.00. The second-order valence-electron chi connectivity index (χ2n) is 8.35. The number of pyridine rings is 1. The number of hydrogen-bond acceptors (Lipinski definition) is 6. The Morgan fingerprint density at radius 2 is 1.85 bits per heavy atom. The molecule has 7 heteroatoms. The number of aromatic nitrogens is 5. The molecule has 0 fully saturated rings. The monoisotopic (exact) mass is 440 g/mol. The molecule has 0 saturated carbocycles. The molecule has 0 saturated heterocycles. The fourth-order valence-electron chi connectivity index (χ4n) is 3.87. The van der Waals surface area contributed by atoms with Crippen molar-refractivity contribution < 1.29 is 4.79 Å². The first-order valence-corrected chi connectivity index (χ1v) is 11.2. The van der Waals surface area contributed by atoms with Crippen LogP contribution in [0.3, 0.4) is 0 Å². The summed E-state index contributed by atoms with van der Waals surface area (Å²) in [6.07, 6.45) is 10.9. The van der Waals surface area contributed by atoms with Crippen LogP contribution in [0.5, 0.6) is 0 Å². The Hall–Kier alpha value is -3.87. The highest BCUT2D eigenvalue weighted by atomic mass is 16.1. The number of hydrogen-bond donors (Lipinski definition) is 1. The molecule has 2 N–H and O–H groups in total. The minimum Gasteiger partial charge on any atom is -0.382 e. The van der Waals surface area contributed by atoms with E-state index in [2.05, 4.69) is 52.8 Å². The number of anilines is 1. The van der Waals surface area contributed by atoms with E-state index in [0.717, 1.165) is 35.5 Å². The normalized spacial score (nSPS) is 11.2. The summed E-state index contributed by atoms with van der Waals surface area (Å²) in [6, 6.07) is 10.1. The lowest BCUT2D eigenvalue weighted by Gasteiger charge is -2.14. The Labute approximate surface area is 193 Å². The fraction of sp³-hybridized carbons (Fsp3) is 0.269. The molecule has 3 heterocycles. The fourth-order valence-corrected chi connectivity index (χ4v) is 3.87. The maximum atomic E-state index is 13.3. The lowest BCUT2D eigenvalue weighted by Crippen LogP contribution is -2.14. The highest BCUT2D eigenvalue weighted by Gasteiger charge is 2.19. The standard InChI is InChI=1S/C26H28N6O/c1-4-5-18-6-8-19(9-7-18)21-16-30-25(27)24(31-21)23(33)14-20-15-28-11-10-22(20)32-13-12-29-26(32)17(2)3/h6-13,15-17H,4-5,14H2,1-3H3,(H2,27,30). The van der Waals surface area contributed by atoms with Crippen molar-refractivity contribution in [1.29, 1.82) is 0 Å². The van der Waals surface area contributed by atoms with Crippen LogP contribution in [0, 0.1) is 0 Å². The summed E-state index contributed by atoms with van der Waals surface area (Å²) in [5, 5.41) is 0. The van der Waals surface area contributed by atoms with Crippen molar-refractivity contribution in [2.75, 3.05) is 5.73 Å². The van der Waals surface area contributed by atoms with Crippen molar-refractivity contribution in [3.8, 4) is 16.9 Å². The SMILES string of the molecule is CCCc1ccc(-c2cnc(N)c(C(=O)Cc3cnccc3-n3ccnc3C(C)C)n2)cc1. The largest absolute Gasteiger partial charge is 0.382 e. The lowest BCUT2D eigenvalue weighted by atomic mass is 10.0. The molecule has 33 heavy (non-hydrogen) atoms. The number of aryl methyl sites for hydroxylation is 1. The van der Waals surface area contributed by atoms with E-state index in [1.807, 2.05) is 29.0 Å². The molecule has 0 atom stereocenters. The average molecular weight is 441 g/mol. The van der Waals surface area contributed by atoms with Gasteiger partial charge in [0.1, 0.15) is 11.5 Å². The average Bonchev–Trinajstić information content (AvgIpc) is 3.31. The number of benzene rings is 1. The van der Waals surface area contributed by atoms with Crippen LogP contribution in [0.1, 0.15) is 60.5 Å². The third kappa shape index (κ3) is 4.82. The van der Waals surface area contributed by atoms with Crippen LogP contribution in [0.4, 0.5) is 5.82 Å². The molecule has 0 amide bonds. The topological polar surface area (TPSA) is 99.6 Å². The van der Waals surface area contributed by atoms with Crippen LogP contribution in [0.25, 0.3) is 16.9 Å². The first-order chi connectivity index (χ1) is 16.0. The van der Waals surface area contributed by atoms with Gasteiger partial charge in [-0.1, -0.05) is 51.5 Å². The summed E-state index contributed by atoms with van der Waals surface area (Å²) in [7, 11) is 0. The predicted molar refractivity (Wildman–Crippen MR) is 129 cm³/mol. The maximum absolute atomic E-state index is 13.3. The Kier molecular flexibility index (Phi) is 6.58. The molecule has 0 bridgehead atoms. The zero-order valence-corrected chi connectivity index (χ0v) is 19.2. The van der Waals surface area contributed by atoms with E-state index < -0.39 is 0 Å². The van der Waals surface area contributed by atoms with Crippen molar-refractivity contribution in [3.05, 3.63) is 84.0 Å². The zero-order chi connectivity index (χ0) is 23.4. The molecule has 0 unspecified atom stereocenters. The number of nitrogen functional groups attached to an aromatic ring is 1. The number of nitrogens with zero attached hydrogens (tertiary/aromatic N) is 5. The van der Waals surface area contributed by atoms with Crippen molar-refractivity contribution in [2.45, 2.75) is 46.0 Å². The van der Waals surface area contributed by atoms with E-state index in [-0.39, 0.29) is 29.6 Å². The molecule has 4 rings (SSSR count). The number of Topliss-reactive ketones (excluding diaryl/α,β-unsaturated/α-hetero) is 1. The Balaban J connectivity index is 1.64. The first-order valence-electron chi connectivity index (χ1n) is 11.2. The molecule has 1 aromatic carbocycles. The van der Waals surface area contributed by atoms with E-state index in [1.54, 1.807) is 24.8 Å². The van der Waals surface area contributed by atoms with Crippen LogP contribution < -0.4 is 5.73 Å². The number of imidazole rings is 1. The van der Waals surface area contributed by atoms with Gasteiger partial charge in [-0.05, 0) is 18.1 Å². The lowest BCUT2D eigenvalue weighted by molar-refractivity contribution is 0.0989. The van der Waals surface area contributed by atoms with Crippen LogP contribution in [-0.4, -0.2) is 30.3 Å². The first kappa shape index (κ1) is 22.3. The van der Waals surface area contributed by atoms with Gasteiger partial charge in [0.15, 0.2) is 11.6 Å². The van der Waals surface area contributed by atoms with E-state index in [4.69, 9.17) is 5.73 Å². The molecule has 168 valence electrons. The van der Waals surface area contributed by atoms with E-state index in [1.165, 1.54) is 5.56 Å². The molecule has 0 aliphatic rings. The van der Waals surface area contributed by atoms with Gasteiger partial charge in [0.25, 0.3) is 0 Å². The molecule has 0 spiro atoms. The molecule has 4 aromatic rings. The summed E-state index contributed by atoms with van der Waals surface area (Å²) >= 11 is 0. The van der Waals surface area contributed by atoms with Crippen LogP contribution in [-0.2, 0) is 12.8 Å². The minimum atomic E-state index is -0.204. The summed E-state index contributed by atoms with van der Waals surface area (Å²) in [5.41, 5.74) is 10.7. The molecular weight excluding hydrogens is 412 g/mol.